The molecule has 2 aromatic heterocycles. The minimum atomic E-state index is 0.524. The Morgan fingerprint density at radius 2 is 2.35 bits per heavy atom. The number of hydrogen-bond acceptors (Lipinski definition) is 3. The molecule has 5 heteroatoms. The van der Waals surface area contributed by atoms with Gasteiger partial charge in [-0.1, -0.05) is 0 Å². The lowest BCUT2D eigenvalue weighted by Gasteiger charge is -2.15. The molecule has 1 aliphatic carbocycles. The number of nitrogens with zero attached hydrogens (tertiary/aromatic N) is 4. The number of nitrogens with one attached hydrogen (secondary N) is 1. The predicted molar refractivity (Wildman–Crippen MR) is 76.5 cm³/mol. The van der Waals surface area contributed by atoms with Gasteiger partial charge in [-0.2, -0.15) is 10.2 Å². The normalized spacial score (nSPS) is 22.6. The Labute approximate surface area is 119 Å². The number of likely N-dealkylation sites (tertiary alicyclic amines) is 1. The molecular weight excluding hydrogens is 250 g/mol. The van der Waals surface area contributed by atoms with Crippen molar-refractivity contribution in [3.8, 4) is 0 Å². The van der Waals surface area contributed by atoms with E-state index in [1.807, 2.05) is 6.20 Å². The third-order valence-electron chi connectivity index (χ3n) is 4.62. The molecule has 1 N–H and O–H groups in total. The Morgan fingerprint density at radius 3 is 3.20 bits per heavy atom. The first kappa shape index (κ1) is 12.1. The third kappa shape index (κ3) is 2.06. The van der Waals surface area contributed by atoms with Crippen LogP contribution in [0.5, 0.6) is 0 Å². The largest absolute Gasteiger partial charge is 0.295 e. The van der Waals surface area contributed by atoms with Crippen LogP contribution in [0.3, 0.4) is 0 Å². The number of H-pyrrole nitrogens is 1. The minimum absolute atomic E-state index is 0.524. The summed E-state index contributed by atoms with van der Waals surface area (Å²) >= 11 is 0. The molecule has 2 aromatic rings. The van der Waals surface area contributed by atoms with E-state index in [1.54, 1.807) is 0 Å². The second-order valence-corrected chi connectivity index (χ2v) is 6.16. The van der Waals surface area contributed by atoms with Crippen LogP contribution in [0.4, 0.5) is 0 Å². The van der Waals surface area contributed by atoms with Crippen molar-refractivity contribution in [3.05, 3.63) is 34.9 Å². The van der Waals surface area contributed by atoms with Crippen molar-refractivity contribution in [2.24, 2.45) is 0 Å². The first-order valence-corrected chi connectivity index (χ1v) is 7.58. The lowest BCUT2D eigenvalue weighted by Crippen LogP contribution is -2.22. The Hall–Kier alpha value is -1.62. The van der Waals surface area contributed by atoms with Gasteiger partial charge in [0.05, 0.1) is 17.9 Å². The highest BCUT2D eigenvalue weighted by molar-refractivity contribution is 5.29. The second kappa shape index (κ2) is 4.74. The van der Waals surface area contributed by atoms with Crippen LogP contribution in [-0.4, -0.2) is 38.0 Å². The van der Waals surface area contributed by atoms with Crippen LogP contribution >= 0.6 is 0 Å². The predicted octanol–water partition coefficient (Wildman–Crippen LogP) is 1.85. The number of aromatic nitrogens is 4. The van der Waals surface area contributed by atoms with Gasteiger partial charge in [0, 0.05) is 31.5 Å². The van der Waals surface area contributed by atoms with Gasteiger partial charge in [0.2, 0.25) is 0 Å². The van der Waals surface area contributed by atoms with Gasteiger partial charge in [0.15, 0.2) is 0 Å². The highest BCUT2D eigenvalue weighted by Crippen LogP contribution is 2.27. The Morgan fingerprint density at radius 1 is 1.40 bits per heavy atom. The topological polar surface area (TPSA) is 49.7 Å². The zero-order chi connectivity index (χ0) is 13.5. The molecule has 2 aliphatic rings. The van der Waals surface area contributed by atoms with E-state index in [0.29, 0.717) is 6.04 Å². The van der Waals surface area contributed by atoms with Gasteiger partial charge in [-0.05, 0) is 43.7 Å². The SMILES string of the molecule is Cc1cnn(C2CCN(Cc3n[nH]c4c3CCC4)C2)c1. The molecule has 3 heterocycles. The van der Waals surface area contributed by atoms with Gasteiger partial charge in [0.1, 0.15) is 0 Å². The van der Waals surface area contributed by atoms with Crippen molar-refractivity contribution in [1.29, 1.82) is 0 Å². The Kier molecular flexibility index (Phi) is 2.88. The summed E-state index contributed by atoms with van der Waals surface area (Å²) in [6.07, 6.45) is 8.96. The lowest BCUT2D eigenvalue weighted by molar-refractivity contribution is 0.307. The molecule has 0 spiro atoms. The minimum Gasteiger partial charge on any atom is -0.295 e. The van der Waals surface area contributed by atoms with Gasteiger partial charge in [-0.25, -0.2) is 0 Å². The van der Waals surface area contributed by atoms with Gasteiger partial charge >= 0.3 is 0 Å². The molecule has 20 heavy (non-hydrogen) atoms. The van der Waals surface area contributed by atoms with Crippen molar-refractivity contribution in [2.45, 2.75) is 45.2 Å². The summed E-state index contributed by atoms with van der Waals surface area (Å²) in [7, 11) is 0. The molecule has 1 aliphatic heterocycles. The number of rotatable bonds is 3. The summed E-state index contributed by atoms with van der Waals surface area (Å²) in [5, 5.41) is 12.2. The maximum Gasteiger partial charge on any atom is 0.0797 e. The molecule has 4 rings (SSSR count). The van der Waals surface area contributed by atoms with Crippen LogP contribution in [-0.2, 0) is 19.4 Å². The number of aryl methyl sites for hydroxylation is 2. The summed E-state index contributed by atoms with van der Waals surface area (Å²) in [6.45, 7) is 5.32. The molecule has 0 saturated carbocycles. The summed E-state index contributed by atoms with van der Waals surface area (Å²) in [4.78, 5) is 2.51. The molecule has 0 radical (unpaired) electrons. The molecule has 0 aromatic carbocycles. The summed E-state index contributed by atoms with van der Waals surface area (Å²) in [6, 6.07) is 0.524. The van der Waals surface area contributed by atoms with Gasteiger partial charge < -0.3 is 0 Å². The van der Waals surface area contributed by atoms with Crippen LogP contribution in [0.15, 0.2) is 12.4 Å². The molecule has 1 saturated heterocycles. The summed E-state index contributed by atoms with van der Waals surface area (Å²) in [5.41, 5.74) is 5.38. The Balaban J connectivity index is 1.43. The highest BCUT2D eigenvalue weighted by atomic mass is 15.3. The molecule has 1 fully saturated rings. The van der Waals surface area contributed by atoms with Crippen LogP contribution in [0, 0.1) is 6.92 Å². The van der Waals surface area contributed by atoms with E-state index in [9.17, 15) is 0 Å². The maximum atomic E-state index is 4.51. The van der Waals surface area contributed by atoms with Gasteiger partial charge in [0.25, 0.3) is 0 Å². The van der Waals surface area contributed by atoms with E-state index in [0.717, 1.165) is 19.6 Å². The molecular formula is C15H21N5. The van der Waals surface area contributed by atoms with Gasteiger partial charge in [-0.3, -0.25) is 14.7 Å². The number of fused-ring (bicyclic) bond motifs is 1. The maximum absolute atomic E-state index is 4.51. The second-order valence-electron chi connectivity index (χ2n) is 6.16. The monoisotopic (exact) mass is 271 g/mol. The standard InChI is InChI=1S/C15H21N5/c1-11-7-16-20(8-11)12-5-6-19(9-12)10-15-13-3-2-4-14(13)17-18-15/h7-8,12H,2-6,9-10H2,1H3,(H,17,18). The van der Waals surface area contributed by atoms with Crippen molar-refractivity contribution >= 4 is 0 Å². The molecule has 1 atom stereocenters. The first-order chi connectivity index (χ1) is 9.79. The van der Waals surface area contributed by atoms with E-state index >= 15 is 0 Å². The van der Waals surface area contributed by atoms with E-state index in [2.05, 4.69) is 38.0 Å². The van der Waals surface area contributed by atoms with E-state index in [-0.39, 0.29) is 0 Å². The van der Waals surface area contributed by atoms with Crippen molar-refractivity contribution < 1.29 is 0 Å². The van der Waals surface area contributed by atoms with Gasteiger partial charge in [-0.15, -0.1) is 0 Å². The average molecular weight is 271 g/mol. The van der Waals surface area contributed by atoms with Crippen molar-refractivity contribution in [2.75, 3.05) is 13.1 Å². The lowest BCUT2D eigenvalue weighted by atomic mass is 10.2. The fourth-order valence-electron chi connectivity index (χ4n) is 3.54. The van der Waals surface area contributed by atoms with E-state index < -0.39 is 0 Å². The highest BCUT2D eigenvalue weighted by Gasteiger charge is 2.27. The molecule has 0 amide bonds. The molecule has 5 nitrogen and oxygen atoms in total. The van der Waals surface area contributed by atoms with Crippen molar-refractivity contribution in [1.82, 2.24) is 24.9 Å². The third-order valence-corrected chi connectivity index (χ3v) is 4.62. The van der Waals surface area contributed by atoms with Crippen molar-refractivity contribution in [3.63, 3.8) is 0 Å². The van der Waals surface area contributed by atoms with Crippen LogP contribution in [0.25, 0.3) is 0 Å². The van der Waals surface area contributed by atoms with Crippen LogP contribution in [0.1, 0.15) is 41.4 Å². The number of hydrogen-bond donors (Lipinski definition) is 1. The average Bonchev–Trinajstić information content (AvgIpc) is 3.16. The molecule has 0 bridgehead atoms. The van der Waals surface area contributed by atoms with Crippen LogP contribution in [0.2, 0.25) is 0 Å². The fraction of sp³-hybridized carbons (Fsp3) is 0.600. The zero-order valence-electron chi connectivity index (χ0n) is 12.0. The molecule has 106 valence electrons. The van der Waals surface area contributed by atoms with Crippen LogP contribution < -0.4 is 0 Å². The number of aromatic amines is 1. The van der Waals surface area contributed by atoms with E-state index in [1.165, 1.54) is 48.2 Å². The molecule has 1 unspecified atom stereocenters. The zero-order valence-corrected chi connectivity index (χ0v) is 12.0. The summed E-state index contributed by atoms with van der Waals surface area (Å²) in [5.74, 6) is 0. The quantitative estimate of drug-likeness (QED) is 0.927. The summed E-state index contributed by atoms with van der Waals surface area (Å²) < 4.78 is 2.13. The van der Waals surface area contributed by atoms with E-state index in [4.69, 9.17) is 0 Å². The fourth-order valence-corrected chi connectivity index (χ4v) is 3.54. The smallest absolute Gasteiger partial charge is 0.0797 e. The Bertz CT molecular complexity index is 612. The first-order valence-electron chi connectivity index (χ1n) is 7.58.